The molecular weight excluding hydrogens is 247 g/mol. The molecule has 18 heavy (non-hydrogen) atoms. The SMILES string of the molecule is CC1(C)CCSCC1(CN)Nc1ccccc1F. The third-order valence-electron chi connectivity index (χ3n) is 4.11. The van der Waals surface area contributed by atoms with Gasteiger partial charge in [0, 0.05) is 12.3 Å². The first-order chi connectivity index (χ1) is 8.51. The fraction of sp³-hybridized carbons (Fsp3) is 0.571. The van der Waals surface area contributed by atoms with Crippen molar-refractivity contribution < 1.29 is 4.39 Å². The van der Waals surface area contributed by atoms with Crippen molar-refractivity contribution in [2.45, 2.75) is 25.8 Å². The molecule has 0 bridgehead atoms. The second-order valence-corrected chi connectivity index (χ2v) is 6.68. The van der Waals surface area contributed by atoms with Gasteiger partial charge in [-0.3, -0.25) is 0 Å². The van der Waals surface area contributed by atoms with Crippen LogP contribution in [-0.4, -0.2) is 23.6 Å². The van der Waals surface area contributed by atoms with Crippen LogP contribution in [0.15, 0.2) is 24.3 Å². The van der Waals surface area contributed by atoms with Crippen molar-refractivity contribution in [1.29, 1.82) is 0 Å². The highest BCUT2D eigenvalue weighted by Crippen LogP contribution is 2.43. The van der Waals surface area contributed by atoms with Crippen LogP contribution >= 0.6 is 11.8 Å². The summed E-state index contributed by atoms with van der Waals surface area (Å²) in [6.45, 7) is 4.95. The van der Waals surface area contributed by atoms with Crippen LogP contribution in [0.4, 0.5) is 10.1 Å². The molecule has 2 rings (SSSR count). The van der Waals surface area contributed by atoms with Gasteiger partial charge in [-0.15, -0.1) is 0 Å². The highest BCUT2D eigenvalue weighted by molar-refractivity contribution is 7.99. The first-order valence-corrected chi connectivity index (χ1v) is 7.47. The summed E-state index contributed by atoms with van der Waals surface area (Å²) >= 11 is 1.89. The van der Waals surface area contributed by atoms with Crippen LogP contribution in [0.2, 0.25) is 0 Å². The number of thioether (sulfide) groups is 1. The van der Waals surface area contributed by atoms with Crippen molar-refractivity contribution in [2.24, 2.45) is 11.1 Å². The second-order valence-electron chi connectivity index (χ2n) is 5.58. The predicted molar refractivity (Wildman–Crippen MR) is 77.5 cm³/mol. The van der Waals surface area contributed by atoms with E-state index in [2.05, 4.69) is 19.2 Å². The third kappa shape index (κ3) is 2.36. The van der Waals surface area contributed by atoms with Crippen molar-refractivity contribution in [2.75, 3.05) is 23.4 Å². The smallest absolute Gasteiger partial charge is 0.146 e. The molecule has 2 nitrogen and oxygen atoms in total. The van der Waals surface area contributed by atoms with E-state index in [0.717, 1.165) is 17.9 Å². The molecule has 1 fully saturated rings. The minimum atomic E-state index is -0.238. The minimum absolute atomic E-state index is 0.0648. The van der Waals surface area contributed by atoms with Crippen molar-refractivity contribution >= 4 is 17.4 Å². The van der Waals surface area contributed by atoms with E-state index in [1.807, 2.05) is 17.8 Å². The maximum Gasteiger partial charge on any atom is 0.146 e. The molecule has 1 aromatic carbocycles. The molecule has 1 aliphatic rings. The van der Waals surface area contributed by atoms with Crippen molar-refractivity contribution in [3.63, 3.8) is 0 Å². The largest absolute Gasteiger partial charge is 0.375 e. The molecule has 3 N–H and O–H groups in total. The molecule has 0 radical (unpaired) electrons. The van der Waals surface area contributed by atoms with E-state index in [1.54, 1.807) is 12.1 Å². The van der Waals surface area contributed by atoms with Crippen molar-refractivity contribution in [1.82, 2.24) is 0 Å². The Hall–Kier alpha value is -0.740. The molecule has 1 aromatic rings. The quantitative estimate of drug-likeness (QED) is 0.884. The summed E-state index contributed by atoms with van der Waals surface area (Å²) in [4.78, 5) is 0. The summed E-state index contributed by atoms with van der Waals surface area (Å²) in [7, 11) is 0. The van der Waals surface area contributed by atoms with Crippen molar-refractivity contribution in [3.8, 4) is 0 Å². The maximum absolute atomic E-state index is 13.8. The van der Waals surface area contributed by atoms with Crippen LogP contribution in [0.1, 0.15) is 20.3 Å². The third-order valence-corrected chi connectivity index (χ3v) is 5.30. The fourth-order valence-corrected chi connectivity index (χ4v) is 4.15. The zero-order valence-corrected chi connectivity index (χ0v) is 11.8. The monoisotopic (exact) mass is 268 g/mol. The normalized spacial score (nSPS) is 26.9. The standard InChI is InChI=1S/C14H21FN2S/c1-13(2)7-8-18-10-14(13,9-16)17-12-6-4-3-5-11(12)15/h3-6,17H,7-10,16H2,1-2H3. The topological polar surface area (TPSA) is 38.0 Å². The average molecular weight is 268 g/mol. The van der Waals surface area contributed by atoms with Crippen LogP contribution in [-0.2, 0) is 0 Å². The molecule has 0 aromatic heterocycles. The molecule has 0 spiro atoms. The number of rotatable bonds is 3. The van der Waals surface area contributed by atoms with Gasteiger partial charge in [0.2, 0.25) is 0 Å². The zero-order valence-electron chi connectivity index (χ0n) is 11.0. The number of anilines is 1. The second kappa shape index (κ2) is 5.10. The lowest BCUT2D eigenvalue weighted by molar-refractivity contribution is 0.202. The molecule has 1 unspecified atom stereocenters. The summed E-state index contributed by atoms with van der Waals surface area (Å²) in [5, 5.41) is 3.38. The van der Waals surface area contributed by atoms with Gasteiger partial charge in [0.25, 0.3) is 0 Å². The van der Waals surface area contributed by atoms with Crippen LogP contribution in [0.5, 0.6) is 0 Å². The molecule has 1 atom stereocenters. The van der Waals surface area contributed by atoms with Gasteiger partial charge in [-0.2, -0.15) is 11.8 Å². The Morgan fingerprint density at radius 3 is 2.72 bits per heavy atom. The van der Waals surface area contributed by atoms with E-state index in [0.29, 0.717) is 12.2 Å². The Balaban J connectivity index is 2.30. The molecule has 1 saturated heterocycles. The molecule has 0 aliphatic carbocycles. The van der Waals surface area contributed by atoms with Crippen LogP contribution in [0.3, 0.4) is 0 Å². The van der Waals surface area contributed by atoms with Crippen LogP contribution < -0.4 is 11.1 Å². The number of nitrogens with two attached hydrogens (primary N) is 1. The molecule has 0 saturated carbocycles. The van der Waals surface area contributed by atoms with Crippen LogP contribution in [0, 0.1) is 11.2 Å². The molecule has 4 heteroatoms. The highest BCUT2D eigenvalue weighted by Gasteiger charge is 2.46. The van der Waals surface area contributed by atoms with E-state index in [-0.39, 0.29) is 16.8 Å². The Bertz CT molecular complexity index is 422. The van der Waals surface area contributed by atoms with Gasteiger partial charge >= 0.3 is 0 Å². The summed E-state index contributed by atoms with van der Waals surface area (Å²) in [5.41, 5.74) is 6.39. The van der Waals surface area contributed by atoms with Gasteiger partial charge < -0.3 is 11.1 Å². The Morgan fingerprint density at radius 2 is 2.11 bits per heavy atom. The van der Waals surface area contributed by atoms with E-state index >= 15 is 0 Å². The minimum Gasteiger partial charge on any atom is -0.375 e. The summed E-state index contributed by atoms with van der Waals surface area (Å²) < 4.78 is 13.8. The first kappa shape index (κ1) is 13.7. The fourth-order valence-electron chi connectivity index (χ4n) is 2.42. The maximum atomic E-state index is 13.8. The molecule has 1 aliphatic heterocycles. The number of hydrogen-bond acceptors (Lipinski definition) is 3. The zero-order chi connectivity index (χ0) is 13.2. The number of halogens is 1. The lowest BCUT2D eigenvalue weighted by Gasteiger charge is -2.50. The Kier molecular flexibility index (Phi) is 3.87. The number of hydrogen-bond donors (Lipinski definition) is 2. The van der Waals surface area contributed by atoms with Crippen LogP contribution in [0.25, 0.3) is 0 Å². The Morgan fingerprint density at radius 1 is 1.39 bits per heavy atom. The van der Waals surface area contributed by atoms with E-state index < -0.39 is 0 Å². The van der Waals surface area contributed by atoms with Gasteiger partial charge in [0.05, 0.1) is 11.2 Å². The van der Waals surface area contributed by atoms with Gasteiger partial charge in [0.1, 0.15) is 5.82 Å². The van der Waals surface area contributed by atoms with Crippen molar-refractivity contribution in [3.05, 3.63) is 30.1 Å². The van der Waals surface area contributed by atoms with Gasteiger partial charge in [-0.05, 0) is 29.7 Å². The van der Waals surface area contributed by atoms with E-state index in [9.17, 15) is 4.39 Å². The molecular formula is C14H21FN2S. The first-order valence-electron chi connectivity index (χ1n) is 6.31. The number of para-hydroxylation sites is 1. The molecule has 1 heterocycles. The van der Waals surface area contributed by atoms with Gasteiger partial charge in [-0.25, -0.2) is 4.39 Å². The van der Waals surface area contributed by atoms with E-state index in [4.69, 9.17) is 5.73 Å². The number of benzene rings is 1. The molecule has 0 amide bonds. The summed E-state index contributed by atoms with van der Waals surface area (Å²) in [6.07, 6.45) is 1.09. The van der Waals surface area contributed by atoms with Gasteiger partial charge in [-0.1, -0.05) is 26.0 Å². The summed E-state index contributed by atoms with van der Waals surface area (Å²) in [5.74, 6) is 1.86. The highest BCUT2D eigenvalue weighted by atomic mass is 32.2. The molecule has 100 valence electrons. The lowest BCUT2D eigenvalue weighted by atomic mass is 9.70. The predicted octanol–water partition coefficient (Wildman–Crippen LogP) is 3.10. The summed E-state index contributed by atoms with van der Waals surface area (Å²) in [6, 6.07) is 6.81. The Labute approximate surface area is 113 Å². The number of nitrogens with one attached hydrogen (secondary N) is 1. The average Bonchev–Trinajstić information content (AvgIpc) is 2.34. The van der Waals surface area contributed by atoms with E-state index in [1.165, 1.54) is 6.07 Å². The van der Waals surface area contributed by atoms with Gasteiger partial charge in [0.15, 0.2) is 0 Å². The lowest BCUT2D eigenvalue weighted by Crippen LogP contribution is -2.60.